The maximum absolute atomic E-state index is 12.8. The first-order chi connectivity index (χ1) is 11.8. The molecule has 1 aliphatic rings. The lowest BCUT2D eigenvalue weighted by atomic mass is 10.0. The molecule has 0 radical (unpaired) electrons. The molecule has 1 aromatic carbocycles. The Kier molecular flexibility index (Phi) is 5.70. The Balaban J connectivity index is 1.65. The number of hydrogen-bond acceptors (Lipinski definition) is 2. The second-order valence-electron chi connectivity index (χ2n) is 6.51. The summed E-state index contributed by atoms with van der Waals surface area (Å²) < 4.78 is 2.01. The van der Waals surface area contributed by atoms with Crippen LogP contribution in [-0.4, -0.2) is 41.1 Å². The van der Waals surface area contributed by atoms with Crippen molar-refractivity contribution in [3.05, 3.63) is 60.4 Å². The number of nitrogens with one attached hydrogen (secondary N) is 1. The van der Waals surface area contributed by atoms with Crippen LogP contribution in [0.1, 0.15) is 31.4 Å². The summed E-state index contributed by atoms with van der Waals surface area (Å²) >= 11 is 0. The first-order valence-electron chi connectivity index (χ1n) is 8.96. The van der Waals surface area contributed by atoms with Crippen LogP contribution in [0.25, 0.3) is 0 Å². The summed E-state index contributed by atoms with van der Waals surface area (Å²) in [5.41, 5.74) is 1.18. The number of likely N-dealkylation sites (tertiary alicyclic amines) is 1. The molecule has 2 heterocycles. The predicted molar refractivity (Wildman–Crippen MR) is 96.9 cm³/mol. The highest BCUT2D eigenvalue weighted by molar-refractivity contribution is 5.80. The van der Waals surface area contributed by atoms with Crippen LogP contribution in [0.2, 0.25) is 0 Å². The smallest absolute Gasteiger partial charge is 0.243 e. The molecule has 4 nitrogen and oxygen atoms in total. The van der Waals surface area contributed by atoms with Gasteiger partial charge >= 0.3 is 0 Å². The van der Waals surface area contributed by atoms with E-state index in [0.717, 1.165) is 19.6 Å². The van der Waals surface area contributed by atoms with Crippen LogP contribution in [0.15, 0.2) is 54.9 Å². The lowest BCUT2D eigenvalue weighted by Crippen LogP contribution is -2.42. The van der Waals surface area contributed by atoms with Crippen molar-refractivity contribution >= 4 is 5.91 Å². The maximum atomic E-state index is 12.8. The van der Waals surface area contributed by atoms with Crippen LogP contribution in [0.4, 0.5) is 0 Å². The highest BCUT2D eigenvalue weighted by atomic mass is 16.2. The molecule has 0 unspecified atom stereocenters. The summed E-state index contributed by atoms with van der Waals surface area (Å²) in [5, 5.41) is 3.20. The predicted octanol–water partition coefficient (Wildman–Crippen LogP) is 2.87. The number of likely N-dealkylation sites (N-methyl/N-ethyl adjacent to an activating group) is 1. The van der Waals surface area contributed by atoms with Crippen molar-refractivity contribution < 1.29 is 4.79 Å². The van der Waals surface area contributed by atoms with Gasteiger partial charge in [-0.15, -0.1) is 0 Å². The van der Waals surface area contributed by atoms with Crippen molar-refractivity contribution in [2.75, 3.05) is 19.6 Å². The van der Waals surface area contributed by atoms with Gasteiger partial charge in [-0.2, -0.15) is 0 Å². The molecule has 4 heteroatoms. The number of nitrogens with zero attached hydrogens (tertiary/aromatic N) is 2. The number of benzene rings is 1. The molecule has 128 valence electrons. The molecular formula is C20H27N3O. The van der Waals surface area contributed by atoms with Gasteiger partial charge in [-0.05, 0) is 43.6 Å². The van der Waals surface area contributed by atoms with Crippen molar-refractivity contribution in [2.24, 2.45) is 0 Å². The number of hydrogen-bond donors (Lipinski definition) is 1. The van der Waals surface area contributed by atoms with Gasteiger partial charge in [0.05, 0.1) is 0 Å². The van der Waals surface area contributed by atoms with Gasteiger partial charge in [0.25, 0.3) is 0 Å². The summed E-state index contributed by atoms with van der Waals surface area (Å²) in [6.07, 6.45) is 7.08. The minimum Gasteiger partial charge on any atom is -0.353 e. The van der Waals surface area contributed by atoms with Gasteiger partial charge in [0, 0.05) is 31.4 Å². The summed E-state index contributed by atoms with van der Waals surface area (Å²) in [4.78, 5) is 15.3. The zero-order chi connectivity index (χ0) is 16.8. The van der Waals surface area contributed by atoms with Crippen LogP contribution in [-0.2, 0) is 11.2 Å². The fourth-order valence-corrected chi connectivity index (χ4v) is 3.61. The Bertz CT molecular complexity index is 624. The molecule has 24 heavy (non-hydrogen) atoms. The molecule has 1 aliphatic heterocycles. The van der Waals surface area contributed by atoms with Crippen LogP contribution in [0, 0.1) is 0 Å². The average molecular weight is 325 g/mol. The zero-order valence-electron chi connectivity index (χ0n) is 14.4. The summed E-state index contributed by atoms with van der Waals surface area (Å²) in [5.74, 6) is 0.109. The Hall–Kier alpha value is -2.07. The van der Waals surface area contributed by atoms with E-state index < -0.39 is 0 Å². The van der Waals surface area contributed by atoms with E-state index in [4.69, 9.17) is 0 Å². The first kappa shape index (κ1) is 16.8. The maximum Gasteiger partial charge on any atom is 0.243 e. The fourth-order valence-electron chi connectivity index (χ4n) is 3.61. The molecule has 0 spiro atoms. The molecule has 3 rings (SSSR count). The highest BCUT2D eigenvalue weighted by Crippen LogP contribution is 2.18. The van der Waals surface area contributed by atoms with Gasteiger partial charge in [-0.3, -0.25) is 9.69 Å². The van der Waals surface area contributed by atoms with Crippen molar-refractivity contribution in [3.8, 4) is 0 Å². The van der Waals surface area contributed by atoms with Crippen molar-refractivity contribution in [1.82, 2.24) is 14.8 Å². The molecule has 1 fully saturated rings. The minimum absolute atomic E-state index is 0.109. The Morgan fingerprint density at radius 1 is 1.21 bits per heavy atom. The fraction of sp³-hybridized carbons (Fsp3) is 0.450. The van der Waals surface area contributed by atoms with Crippen LogP contribution in [0.3, 0.4) is 0 Å². The average Bonchev–Trinajstić information content (AvgIpc) is 3.29. The number of carbonyl (C=O) groups excluding carboxylic acids is 1. The molecule has 0 aliphatic carbocycles. The van der Waals surface area contributed by atoms with E-state index in [1.807, 2.05) is 47.3 Å². The van der Waals surface area contributed by atoms with E-state index >= 15 is 0 Å². The molecule has 1 aromatic heterocycles. The third-order valence-corrected chi connectivity index (χ3v) is 4.98. The van der Waals surface area contributed by atoms with E-state index in [9.17, 15) is 4.79 Å². The minimum atomic E-state index is -0.195. The molecule has 1 amide bonds. The van der Waals surface area contributed by atoms with Crippen LogP contribution < -0.4 is 5.32 Å². The third-order valence-electron chi connectivity index (χ3n) is 4.98. The molecule has 0 saturated carbocycles. The molecule has 2 atom stereocenters. The van der Waals surface area contributed by atoms with Gasteiger partial charge < -0.3 is 9.88 Å². The van der Waals surface area contributed by atoms with E-state index in [-0.39, 0.29) is 11.9 Å². The molecule has 1 N–H and O–H groups in total. The van der Waals surface area contributed by atoms with Crippen LogP contribution in [0.5, 0.6) is 0 Å². The van der Waals surface area contributed by atoms with E-state index in [1.54, 1.807) is 0 Å². The van der Waals surface area contributed by atoms with Gasteiger partial charge in [0.15, 0.2) is 0 Å². The van der Waals surface area contributed by atoms with E-state index in [1.165, 1.54) is 18.4 Å². The third kappa shape index (κ3) is 4.06. The van der Waals surface area contributed by atoms with Gasteiger partial charge in [-0.25, -0.2) is 0 Å². The van der Waals surface area contributed by atoms with E-state index in [0.29, 0.717) is 12.5 Å². The lowest BCUT2D eigenvalue weighted by molar-refractivity contribution is -0.124. The first-order valence-corrected chi connectivity index (χ1v) is 8.96. The largest absolute Gasteiger partial charge is 0.353 e. The monoisotopic (exact) mass is 325 g/mol. The molecule has 1 saturated heterocycles. The van der Waals surface area contributed by atoms with Crippen molar-refractivity contribution in [3.63, 3.8) is 0 Å². The summed E-state index contributed by atoms with van der Waals surface area (Å²) in [6, 6.07) is 14.5. The molecule has 0 bridgehead atoms. The standard InChI is InChI=1S/C20H27N3O/c1-2-22-14-8-11-18(22)16-21-20(24)19(23-12-6-7-13-23)15-17-9-4-3-5-10-17/h3-7,9-10,12-13,18-19H,2,8,11,14-16H2,1H3,(H,21,24)/t18-,19-/m1/s1. The molecule has 2 aromatic rings. The lowest BCUT2D eigenvalue weighted by Gasteiger charge is -2.25. The Labute approximate surface area is 144 Å². The van der Waals surface area contributed by atoms with Gasteiger partial charge in [0.1, 0.15) is 6.04 Å². The SMILES string of the molecule is CCN1CCC[C@@H]1CNC(=O)[C@@H](Cc1ccccc1)n1cccc1. The van der Waals surface area contributed by atoms with Gasteiger partial charge in [0.2, 0.25) is 5.91 Å². The Morgan fingerprint density at radius 2 is 1.96 bits per heavy atom. The number of rotatable bonds is 7. The van der Waals surface area contributed by atoms with Crippen molar-refractivity contribution in [1.29, 1.82) is 0 Å². The number of amides is 1. The second kappa shape index (κ2) is 8.15. The zero-order valence-corrected chi connectivity index (χ0v) is 14.4. The van der Waals surface area contributed by atoms with Crippen molar-refractivity contribution in [2.45, 2.75) is 38.3 Å². The molecular weight excluding hydrogens is 298 g/mol. The van der Waals surface area contributed by atoms with Gasteiger partial charge in [-0.1, -0.05) is 37.3 Å². The summed E-state index contributed by atoms with van der Waals surface area (Å²) in [6.45, 7) is 5.16. The van der Waals surface area contributed by atoms with E-state index in [2.05, 4.69) is 29.3 Å². The summed E-state index contributed by atoms with van der Waals surface area (Å²) in [7, 11) is 0. The number of carbonyl (C=O) groups is 1. The second-order valence-corrected chi connectivity index (χ2v) is 6.51. The number of aromatic nitrogens is 1. The Morgan fingerprint density at radius 3 is 2.67 bits per heavy atom. The van der Waals surface area contributed by atoms with Crippen LogP contribution >= 0.6 is 0 Å². The normalized spacial score (nSPS) is 19.3. The topological polar surface area (TPSA) is 37.3 Å². The quantitative estimate of drug-likeness (QED) is 0.850. The highest BCUT2D eigenvalue weighted by Gasteiger charge is 2.25.